The summed E-state index contributed by atoms with van der Waals surface area (Å²) < 4.78 is 35.4. The lowest BCUT2D eigenvalue weighted by molar-refractivity contribution is 0.0600. The number of hydrogen-bond acceptors (Lipinski definition) is 5. The summed E-state index contributed by atoms with van der Waals surface area (Å²) in [6.07, 6.45) is 0. The van der Waals surface area contributed by atoms with E-state index in [9.17, 15) is 18.0 Å². The Labute approximate surface area is 162 Å². The number of hydrogen-bond donors (Lipinski definition) is 1. The molecule has 0 aliphatic carbocycles. The van der Waals surface area contributed by atoms with E-state index in [1.54, 1.807) is 42.9 Å². The molecule has 3 rings (SSSR count). The largest absolute Gasteiger partial charge is 0.465 e. The molecule has 0 saturated carbocycles. The molecule has 1 N–H and O–H groups in total. The summed E-state index contributed by atoms with van der Waals surface area (Å²) in [4.78, 5) is 24.3. The molecule has 28 heavy (non-hydrogen) atoms. The van der Waals surface area contributed by atoms with Gasteiger partial charge < -0.3 is 4.74 Å². The van der Waals surface area contributed by atoms with Gasteiger partial charge in [-0.1, -0.05) is 18.2 Å². The number of aromatic nitrogens is 2. The van der Waals surface area contributed by atoms with Crippen LogP contribution in [0.4, 0.5) is 5.69 Å². The highest BCUT2D eigenvalue weighted by Gasteiger charge is 2.22. The summed E-state index contributed by atoms with van der Waals surface area (Å²) in [6, 6.07) is 14.2. The van der Waals surface area contributed by atoms with Gasteiger partial charge in [0.05, 0.1) is 29.0 Å². The number of ether oxygens (including phenoxy) is 1. The van der Waals surface area contributed by atoms with Gasteiger partial charge in [0.25, 0.3) is 15.6 Å². The summed E-state index contributed by atoms with van der Waals surface area (Å²) in [7, 11) is -1.11. The van der Waals surface area contributed by atoms with E-state index in [1.165, 1.54) is 36.1 Å². The number of benzene rings is 2. The summed E-state index contributed by atoms with van der Waals surface area (Å²) in [6.45, 7) is 1.65. The minimum absolute atomic E-state index is 0.0385. The smallest absolute Gasteiger partial charge is 0.337 e. The number of esters is 1. The average Bonchev–Trinajstić information content (AvgIpc) is 2.91. The first-order valence-electron chi connectivity index (χ1n) is 8.31. The molecule has 8 nitrogen and oxygen atoms in total. The van der Waals surface area contributed by atoms with Crippen LogP contribution < -0.4 is 10.3 Å². The van der Waals surface area contributed by atoms with Crippen LogP contribution in [0, 0.1) is 6.92 Å². The first-order chi connectivity index (χ1) is 13.3. The second kappa shape index (κ2) is 7.35. The quantitative estimate of drug-likeness (QED) is 0.660. The van der Waals surface area contributed by atoms with E-state index in [0.29, 0.717) is 11.4 Å². The zero-order chi connectivity index (χ0) is 20.5. The van der Waals surface area contributed by atoms with Crippen LogP contribution in [0.5, 0.6) is 0 Å². The molecule has 0 atom stereocenters. The molecule has 0 aliphatic rings. The van der Waals surface area contributed by atoms with E-state index in [-0.39, 0.29) is 16.1 Å². The Morgan fingerprint density at radius 2 is 1.64 bits per heavy atom. The van der Waals surface area contributed by atoms with Gasteiger partial charge in [0.2, 0.25) is 0 Å². The molecule has 0 bridgehead atoms. The van der Waals surface area contributed by atoms with Crippen molar-refractivity contribution < 1.29 is 17.9 Å². The van der Waals surface area contributed by atoms with Gasteiger partial charge in [0.15, 0.2) is 0 Å². The molecule has 0 saturated heterocycles. The highest BCUT2D eigenvalue weighted by molar-refractivity contribution is 7.92. The molecular formula is C19H19N3O5S. The van der Waals surface area contributed by atoms with E-state index in [0.717, 1.165) is 0 Å². The fourth-order valence-corrected chi connectivity index (χ4v) is 3.88. The van der Waals surface area contributed by atoms with E-state index in [2.05, 4.69) is 9.46 Å². The predicted molar refractivity (Wildman–Crippen MR) is 104 cm³/mol. The zero-order valence-corrected chi connectivity index (χ0v) is 16.4. The maximum Gasteiger partial charge on any atom is 0.337 e. The van der Waals surface area contributed by atoms with Crippen molar-refractivity contribution in [3.63, 3.8) is 0 Å². The number of anilines is 1. The Hall–Kier alpha value is -3.33. The fourth-order valence-electron chi connectivity index (χ4n) is 2.77. The molecule has 0 fully saturated rings. The van der Waals surface area contributed by atoms with Gasteiger partial charge in [-0.05, 0) is 43.3 Å². The number of carbonyl (C=O) groups excluding carboxylic acids is 1. The van der Waals surface area contributed by atoms with Crippen molar-refractivity contribution in [2.45, 2.75) is 11.8 Å². The van der Waals surface area contributed by atoms with E-state index < -0.39 is 21.6 Å². The van der Waals surface area contributed by atoms with Gasteiger partial charge in [-0.15, -0.1) is 0 Å². The molecule has 0 amide bonds. The average molecular weight is 401 g/mol. The minimum Gasteiger partial charge on any atom is -0.465 e. The first-order valence-corrected chi connectivity index (χ1v) is 9.80. The van der Waals surface area contributed by atoms with Gasteiger partial charge in [0, 0.05) is 7.05 Å². The third-order valence-corrected chi connectivity index (χ3v) is 5.74. The molecule has 0 spiro atoms. The summed E-state index contributed by atoms with van der Waals surface area (Å²) >= 11 is 0. The Morgan fingerprint density at radius 3 is 2.21 bits per heavy atom. The summed E-state index contributed by atoms with van der Waals surface area (Å²) in [5, 5.41) is 0. The molecule has 0 unspecified atom stereocenters. The van der Waals surface area contributed by atoms with Crippen LogP contribution in [0.1, 0.15) is 16.1 Å². The van der Waals surface area contributed by atoms with Gasteiger partial charge in [0.1, 0.15) is 5.69 Å². The second-order valence-electron chi connectivity index (χ2n) is 6.06. The predicted octanol–water partition coefficient (Wildman–Crippen LogP) is 2.07. The minimum atomic E-state index is -4.02. The molecule has 146 valence electrons. The van der Waals surface area contributed by atoms with Crippen LogP contribution in [-0.2, 0) is 21.8 Å². The Bertz CT molecular complexity index is 1180. The van der Waals surface area contributed by atoms with Crippen molar-refractivity contribution in [3.8, 4) is 5.69 Å². The maximum atomic E-state index is 12.9. The Balaban J connectivity index is 2.00. The molecule has 1 heterocycles. The Morgan fingerprint density at radius 1 is 1.04 bits per heavy atom. The van der Waals surface area contributed by atoms with Crippen molar-refractivity contribution in [2.75, 3.05) is 11.8 Å². The van der Waals surface area contributed by atoms with Crippen LogP contribution in [0.3, 0.4) is 0 Å². The molecule has 9 heteroatoms. The lowest BCUT2D eigenvalue weighted by Gasteiger charge is -2.08. The van der Waals surface area contributed by atoms with Crippen molar-refractivity contribution >= 4 is 21.7 Å². The second-order valence-corrected chi connectivity index (χ2v) is 7.74. The maximum absolute atomic E-state index is 12.9. The number of methoxy groups -OCH3 is 1. The number of nitrogens with zero attached hydrogens (tertiary/aromatic N) is 2. The van der Waals surface area contributed by atoms with E-state index >= 15 is 0 Å². The third kappa shape index (κ3) is 3.44. The summed E-state index contributed by atoms with van der Waals surface area (Å²) in [5.41, 5.74) is 0.780. The monoisotopic (exact) mass is 401 g/mol. The van der Waals surface area contributed by atoms with Crippen molar-refractivity contribution in [3.05, 3.63) is 76.2 Å². The van der Waals surface area contributed by atoms with Gasteiger partial charge in [-0.2, -0.15) is 0 Å². The molecule has 3 aromatic rings. The topological polar surface area (TPSA) is 99.4 Å². The fraction of sp³-hybridized carbons (Fsp3) is 0.158. The standard InChI is InChI=1S/C19H19N3O5S/c1-13-17(18(23)22(21(13)2)15-7-5-4-6-8-15)20-28(25,26)16-11-9-14(10-12-16)19(24)27-3/h4-12,20H,1-3H3. The number of rotatable bonds is 5. The van der Waals surface area contributed by atoms with Crippen molar-refractivity contribution in [1.82, 2.24) is 9.36 Å². The van der Waals surface area contributed by atoms with E-state index in [4.69, 9.17) is 0 Å². The number of sulfonamides is 1. The lowest BCUT2D eigenvalue weighted by atomic mass is 10.2. The molecule has 0 aliphatic heterocycles. The van der Waals surface area contributed by atoms with Gasteiger partial charge in [-0.3, -0.25) is 14.2 Å². The van der Waals surface area contributed by atoms with Crippen LogP contribution in [0.15, 0.2) is 64.3 Å². The summed E-state index contributed by atoms with van der Waals surface area (Å²) in [5.74, 6) is -0.568. The van der Waals surface area contributed by atoms with Gasteiger partial charge >= 0.3 is 5.97 Å². The lowest BCUT2D eigenvalue weighted by Crippen LogP contribution is -2.23. The van der Waals surface area contributed by atoms with Gasteiger partial charge in [-0.25, -0.2) is 17.9 Å². The molecule has 0 radical (unpaired) electrons. The molecule has 1 aromatic heterocycles. The number of para-hydroxylation sites is 1. The van der Waals surface area contributed by atoms with Crippen LogP contribution in [-0.4, -0.2) is 30.9 Å². The highest BCUT2D eigenvalue weighted by Crippen LogP contribution is 2.19. The van der Waals surface area contributed by atoms with E-state index in [1.807, 2.05) is 6.07 Å². The molecular weight excluding hydrogens is 382 g/mol. The van der Waals surface area contributed by atoms with Crippen molar-refractivity contribution in [1.29, 1.82) is 0 Å². The third-order valence-electron chi connectivity index (χ3n) is 4.38. The normalized spacial score (nSPS) is 11.2. The highest BCUT2D eigenvalue weighted by atomic mass is 32.2. The zero-order valence-electron chi connectivity index (χ0n) is 15.5. The first kappa shape index (κ1) is 19.4. The van der Waals surface area contributed by atoms with Crippen molar-refractivity contribution in [2.24, 2.45) is 7.05 Å². The van der Waals surface area contributed by atoms with Crippen LogP contribution in [0.2, 0.25) is 0 Å². The molecule has 2 aromatic carbocycles. The van der Waals surface area contributed by atoms with Crippen LogP contribution in [0.25, 0.3) is 5.69 Å². The van der Waals surface area contributed by atoms with Crippen LogP contribution >= 0.6 is 0 Å². The SMILES string of the molecule is COC(=O)c1ccc(S(=O)(=O)Nc2c(C)n(C)n(-c3ccccc3)c2=O)cc1. The number of carbonyl (C=O) groups is 1. The Kier molecular flexibility index (Phi) is 5.10. The number of nitrogens with one attached hydrogen (secondary N) is 1.